The Morgan fingerprint density at radius 2 is 1.79 bits per heavy atom. The third-order valence-electron chi connectivity index (χ3n) is 6.92. The summed E-state index contributed by atoms with van der Waals surface area (Å²) in [4.78, 5) is 29.3. The van der Waals surface area contributed by atoms with E-state index in [1.54, 1.807) is 21.7 Å². The average Bonchev–Trinajstić information content (AvgIpc) is 3.14. The van der Waals surface area contributed by atoms with Crippen molar-refractivity contribution in [2.75, 3.05) is 4.90 Å². The Morgan fingerprint density at radius 3 is 2.42 bits per heavy atom. The van der Waals surface area contributed by atoms with Crippen LogP contribution >= 0.6 is 11.6 Å². The van der Waals surface area contributed by atoms with Gasteiger partial charge in [0.2, 0.25) is 5.91 Å². The molecule has 1 aromatic carbocycles. The quantitative estimate of drug-likeness (QED) is 0.645. The van der Waals surface area contributed by atoms with Gasteiger partial charge < -0.3 is 5.32 Å². The number of benzene rings is 1. The average molecular weight is 471 g/mol. The highest BCUT2D eigenvalue weighted by Crippen LogP contribution is 2.35. The van der Waals surface area contributed by atoms with Crippen LogP contribution in [0.5, 0.6) is 0 Å². The van der Waals surface area contributed by atoms with Gasteiger partial charge in [-0.3, -0.25) is 19.2 Å². The van der Waals surface area contributed by atoms with E-state index in [0.29, 0.717) is 16.4 Å². The zero-order chi connectivity index (χ0) is 23.8. The number of hydrogen-bond donors (Lipinski definition) is 1. The fourth-order valence-corrected chi connectivity index (χ4v) is 5.09. The van der Waals surface area contributed by atoms with Crippen LogP contribution in [0.25, 0.3) is 0 Å². The topological polar surface area (TPSA) is 67.2 Å². The Labute approximate surface area is 201 Å². The number of nitrogens with zero attached hydrogens (tertiary/aromatic N) is 3. The number of amides is 2. The van der Waals surface area contributed by atoms with Gasteiger partial charge in [-0.25, -0.2) is 0 Å². The second-order valence-electron chi connectivity index (χ2n) is 10.7. The highest BCUT2D eigenvalue weighted by molar-refractivity contribution is 6.31. The van der Waals surface area contributed by atoms with Crippen LogP contribution < -0.4 is 10.2 Å². The van der Waals surface area contributed by atoms with Crippen LogP contribution in [0.4, 0.5) is 5.69 Å². The maximum absolute atomic E-state index is 13.8. The van der Waals surface area contributed by atoms with Gasteiger partial charge in [0.1, 0.15) is 11.2 Å². The van der Waals surface area contributed by atoms with Gasteiger partial charge in [0, 0.05) is 22.2 Å². The van der Waals surface area contributed by atoms with Crippen LogP contribution in [0.3, 0.4) is 0 Å². The lowest BCUT2D eigenvalue weighted by atomic mass is 9.90. The van der Waals surface area contributed by atoms with Crippen LogP contribution in [-0.2, 0) is 16.8 Å². The predicted octanol–water partition coefficient (Wildman–Crippen LogP) is 5.48. The second-order valence-corrected chi connectivity index (χ2v) is 11.2. The van der Waals surface area contributed by atoms with Crippen molar-refractivity contribution >= 4 is 29.1 Å². The van der Waals surface area contributed by atoms with Crippen molar-refractivity contribution in [3.8, 4) is 0 Å². The van der Waals surface area contributed by atoms with Gasteiger partial charge >= 0.3 is 0 Å². The summed E-state index contributed by atoms with van der Waals surface area (Å²) in [5, 5.41) is 8.55. The van der Waals surface area contributed by atoms with Crippen molar-refractivity contribution < 1.29 is 9.59 Å². The van der Waals surface area contributed by atoms with E-state index in [-0.39, 0.29) is 29.8 Å². The number of carbonyl (C=O) groups excluding carboxylic acids is 2. The Bertz CT molecular complexity index is 1030. The van der Waals surface area contributed by atoms with E-state index in [4.69, 9.17) is 16.7 Å². The molecule has 2 amide bonds. The maximum atomic E-state index is 13.8. The summed E-state index contributed by atoms with van der Waals surface area (Å²) in [5.74, 6) is -0.373. The maximum Gasteiger partial charge on any atom is 0.277 e. The van der Waals surface area contributed by atoms with E-state index in [1.807, 2.05) is 25.1 Å². The molecule has 1 saturated carbocycles. The number of halogens is 1. The van der Waals surface area contributed by atoms with Crippen molar-refractivity contribution in [1.82, 2.24) is 15.1 Å². The first-order valence-corrected chi connectivity index (χ1v) is 12.5. The van der Waals surface area contributed by atoms with Gasteiger partial charge in [-0.05, 0) is 44.0 Å². The standard InChI is InChI=1S/C26H35ClN4O2/c1-25(2,3)22-16-21-23(32)31(20-14-10-11-18(27)15-20)26(4,17-30(21)29-22)24(33)28-19-12-8-6-5-7-9-13-19/h10-11,14-16,19H,5-9,12-13,17H2,1-4H3,(H,28,33). The van der Waals surface area contributed by atoms with Crippen LogP contribution in [0.2, 0.25) is 5.02 Å². The predicted molar refractivity (Wildman–Crippen MR) is 132 cm³/mol. The van der Waals surface area contributed by atoms with Gasteiger partial charge in [-0.15, -0.1) is 0 Å². The molecule has 1 unspecified atom stereocenters. The number of nitrogens with one attached hydrogen (secondary N) is 1. The molecule has 1 aromatic heterocycles. The van der Waals surface area contributed by atoms with Crippen molar-refractivity contribution in [2.24, 2.45) is 0 Å². The van der Waals surface area contributed by atoms with E-state index in [1.165, 1.54) is 19.3 Å². The van der Waals surface area contributed by atoms with Crippen molar-refractivity contribution in [3.63, 3.8) is 0 Å². The molecule has 7 heteroatoms. The Morgan fingerprint density at radius 1 is 1.12 bits per heavy atom. The molecule has 0 spiro atoms. The van der Waals surface area contributed by atoms with Crippen molar-refractivity contribution in [3.05, 3.63) is 46.7 Å². The summed E-state index contributed by atoms with van der Waals surface area (Å²) in [7, 11) is 0. The molecule has 2 aromatic rings. The number of aromatic nitrogens is 2. The molecule has 0 saturated heterocycles. The van der Waals surface area contributed by atoms with Gasteiger partial charge in [0.05, 0.1) is 12.2 Å². The molecule has 1 atom stereocenters. The Hall–Kier alpha value is -2.34. The fraction of sp³-hybridized carbons (Fsp3) is 0.577. The minimum absolute atomic E-state index is 0.134. The van der Waals surface area contributed by atoms with E-state index in [9.17, 15) is 9.59 Å². The summed E-state index contributed by atoms with van der Waals surface area (Å²) >= 11 is 6.28. The second kappa shape index (κ2) is 9.13. The smallest absolute Gasteiger partial charge is 0.277 e. The fourth-order valence-electron chi connectivity index (χ4n) is 4.91. The molecular weight excluding hydrogens is 436 g/mol. The van der Waals surface area contributed by atoms with Crippen molar-refractivity contribution in [1.29, 1.82) is 0 Å². The third-order valence-corrected chi connectivity index (χ3v) is 7.15. The zero-order valence-electron chi connectivity index (χ0n) is 20.2. The van der Waals surface area contributed by atoms with E-state index in [0.717, 1.165) is 31.4 Å². The lowest BCUT2D eigenvalue weighted by molar-refractivity contribution is -0.127. The van der Waals surface area contributed by atoms with Gasteiger partial charge in [-0.2, -0.15) is 5.10 Å². The molecule has 1 aliphatic carbocycles. The van der Waals surface area contributed by atoms with Crippen LogP contribution in [0.1, 0.15) is 88.8 Å². The Balaban J connectivity index is 1.73. The van der Waals surface area contributed by atoms with Crippen LogP contribution in [0.15, 0.2) is 30.3 Å². The minimum atomic E-state index is -1.13. The summed E-state index contributed by atoms with van der Waals surface area (Å²) < 4.78 is 1.71. The first-order valence-electron chi connectivity index (χ1n) is 12.1. The minimum Gasteiger partial charge on any atom is -0.351 e. The van der Waals surface area contributed by atoms with Gasteiger partial charge in [0.15, 0.2) is 0 Å². The molecule has 6 nitrogen and oxygen atoms in total. The van der Waals surface area contributed by atoms with Crippen molar-refractivity contribution in [2.45, 2.75) is 96.2 Å². The summed E-state index contributed by atoms with van der Waals surface area (Å²) in [6.07, 6.45) is 7.90. The molecule has 1 aliphatic heterocycles. The molecule has 2 heterocycles. The Kier molecular flexibility index (Phi) is 6.59. The number of anilines is 1. The largest absolute Gasteiger partial charge is 0.351 e. The van der Waals surface area contributed by atoms with E-state index < -0.39 is 5.54 Å². The highest BCUT2D eigenvalue weighted by Gasteiger charge is 2.49. The third kappa shape index (κ3) is 4.81. The first-order chi connectivity index (χ1) is 15.6. The van der Waals surface area contributed by atoms with Crippen LogP contribution in [-0.4, -0.2) is 33.2 Å². The molecule has 0 radical (unpaired) electrons. The molecule has 2 aliphatic rings. The first kappa shape index (κ1) is 23.8. The summed E-state index contributed by atoms with van der Waals surface area (Å²) in [6.45, 7) is 8.34. The zero-order valence-corrected chi connectivity index (χ0v) is 20.9. The number of carbonyl (C=O) groups is 2. The molecule has 0 bridgehead atoms. The summed E-state index contributed by atoms with van der Waals surface area (Å²) in [6, 6.07) is 9.15. The lowest BCUT2D eigenvalue weighted by Gasteiger charge is -2.43. The lowest BCUT2D eigenvalue weighted by Crippen LogP contribution is -2.65. The highest BCUT2D eigenvalue weighted by atomic mass is 35.5. The molecule has 1 N–H and O–H groups in total. The van der Waals surface area contributed by atoms with Gasteiger partial charge in [0.25, 0.3) is 5.91 Å². The van der Waals surface area contributed by atoms with E-state index >= 15 is 0 Å². The normalized spacial score (nSPS) is 22.5. The van der Waals surface area contributed by atoms with Gasteiger partial charge in [-0.1, -0.05) is 70.5 Å². The molecule has 4 rings (SSSR count). The summed E-state index contributed by atoms with van der Waals surface area (Å²) in [5.41, 5.74) is 0.617. The molecule has 1 fully saturated rings. The number of hydrogen-bond acceptors (Lipinski definition) is 3. The molecular formula is C26H35ClN4O2. The van der Waals surface area contributed by atoms with Crippen LogP contribution in [0, 0.1) is 0 Å². The van der Waals surface area contributed by atoms with E-state index in [2.05, 4.69) is 26.1 Å². The SMILES string of the molecule is CC(C)(C)c1cc2n(n1)CC(C)(C(=O)NC1CCCCCCC1)N(c1cccc(Cl)c1)C2=O. The number of fused-ring (bicyclic) bond motifs is 1. The molecule has 178 valence electrons. The number of rotatable bonds is 3. The molecule has 33 heavy (non-hydrogen) atoms. The monoisotopic (exact) mass is 470 g/mol.